The molecule has 0 saturated heterocycles. The van der Waals surface area contributed by atoms with Crippen molar-refractivity contribution in [3.63, 3.8) is 0 Å². The molecule has 1 aromatic heterocycles. The molecule has 1 heterocycles. The average molecular weight is 444 g/mol. The summed E-state index contributed by atoms with van der Waals surface area (Å²) < 4.78 is 0. The second-order valence-corrected chi connectivity index (χ2v) is 8.19. The third kappa shape index (κ3) is 4.39. The largest absolute Gasteiger partial charge is 0.281 e. The fourth-order valence-corrected chi connectivity index (χ4v) is 4.22. The molecule has 166 valence electrons. The molecular weight excluding hydrogens is 418 g/mol. The SMILES string of the molecule is Cc1c(-c2ccccc2)nc2ccccc2c1C(=O)NN(Cc1ccccc1)c1ccccc1. The van der Waals surface area contributed by atoms with Gasteiger partial charge in [-0.2, -0.15) is 0 Å². The van der Waals surface area contributed by atoms with Gasteiger partial charge in [-0.3, -0.25) is 15.2 Å². The van der Waals surface area contributed by atoms with E-state index in [1.54, 1.807) is 0 Å². The summed E-state index contributed by atoms with van der Waals surface area (Å²) in [6.45, 7) is 2.52. The van der Waals surface area contributed by atoms with Gasteiger partial charge in [-0.1, -0.05) is 97.1 Å². The van der Waals surface area contributed by atoms with Gasteiger partial charge in [0.05, 0.1) is 29.0 Å². The highest BCUT2D eigenvalue weighted by Gasteiger charge is 2.21. The predicted octanol–water partition coefficient (Wildman–Crippen LogP) is 6.56. The van der Waals surface area contributed by atoms with Gasteiger partial charge in [-0.15, -0.1) is 0 Å². The second kappa shape index (κ2) is 9.59. The number of rotatable bonds is 6. The maximum absolute atomic E-state index is 13.9. The van der Waals surface area contributed by atoms with Crippen molar-refractivity contribution >= 4 is 22.5 Å². The van der Waals surface area contributed by atoms with Gasteiger partial charge in [0.1, 0.15) is 0 Å². The fourth-order valence-electron chi connectivity index (χ4n) is 4.22. The Hall–Kier alpha value is -4.44. The zero-order chi connectivity index (χ0) is 23.3. The monoisotopic (exact) mass is 443 g/mol. The number of nitrogens with zero attached hydrogens (tertiary/aromatic N) is 2. The van der Waals surface area contributed by atoms with Gasteiger partial charge in [-0.05, 0) is 36.2 Å². The third-order valence-corrected chi connectivity index (χ3v) is 5.90. The standard InChI is InChI=1S/C30H25N3O/c1-22-28(26-19-11-12-20-27(26)31-29(22)24-15-7-3-8-16-24)30(34)32-33(25-17-9-4-10-18-25)21-23-13-5-2-6-14-23/h2-20H,21H2,1H3,(H,32,34). The maximum atomic E-state index is 13.9. The number of nitrogens with one attached hydrogen (secondary N) is 1. The van der Waals surface area contributed by atoms with E-state index in [1.165, 1.54) is 0 Å². The number of anilines is 1. The number of fused-ring (bicyclic) bond motifs is 1. The predicted molar refractivity (Wildman–Crippen MR) is 138 cm³/mol. The summed E-state index contributed by atoms with van der Waals surface area (Å²) in [5.41, 5.74) is 9.30. The number of pyridine rings is 1. The Morgan fingerprint density at radius 2 is 1.35 bits per heavy atom. The molecule has 4 nitrogen and oxygen atoms in total. The van der Waals surface area contributed by atoms with E-state index >= 15 is 0 Å². The summed E-state index contributed by atoms with van der Waals surface area (Å²) in [7, 11) is 0. The number of benzene rings is 4. The molecule has 1 amide bonds. The molecule has 0 spiro atoms. The van der Waals surface area contributed by atoms with Crippen molar-refractivity contribution in [2.45, 2.75) is 13.5 Å². The van der Waals surface area contributed by atoms with Gasteiger partial charge in [0, 0.05) is 10.9 Å². The van der Waals surface area contributed by atoms with Crippen molar-refractivity contribution < 1.29 is 4.79 Å². The lowest BCUT2D eigenvalue weighted by Crippen LogP contribution is -2.42. The highest BCUT2D eigenvalue weighted by Crippen LogP contribution is 2.30. The molecular formula is C30H25N3O. The van der Waals surface area contributed by atoms with Crippen LogP contribution in [-0.2, 0) is 6.54 Å². The smallest absolute Gasteiger partial charge is 0.270 e. The zero-order valence-electron chi connectivity index (χ0n) is 19.0. The van der Waals surface area contributed by atoms with Crippen LogP contribution in [0.3, 0.4) is 0 Å². The van der Waals surface area contributed by atoms with Gasteiger partial charge in [-0.25, -0.2) is 4.98 Å². The topological polar surface area (TPSA) is 45.2 Å². The molecule has 0 radical (unpaired) electrons. The lowest BCUT2D eigenvalue weighted by atomic mass is 9.97. The first-order valence-corrected chi connectivity index (χ1v) is 11.3. The molecule has 4 aromatic carbocycles. The molecule has 0 saturated carbocycles. The summed E-state index contributed by atoms with van der Waals surface area (Å²) in [5, 5.41) is 2.74. The minimum absolute atomic E-state index is 0.159. The van der Waals surface area contributed by atoms with E-state index in [9.17, 15) is 4.79 Å². The van der Waals surface area contributed by atoms with Crippen LogP contribution in [0.2, 0.25) is 0 Å². The van der Waals surface area contributed by atoms with Crippen molar-refractivity contribution in [1.82, 2.24) is 10.4 Å². The van der Waals surface area contributed by atoms with Crippen LogP contribution in [0.5, 0.6) is 0 Å². The number of carbonyl (C=O) groups excluding carboxylic acids is 1. The van der Waals surface area contributed by atoms with E-state index in [4.69, 9.17) is 4.98 Å². The van der Waals surface area contributed by atoms with Crippen LogP contribution < -0.4 is 10.4 Å². The number of carbonyl (C=O) groups is 1. The van der Waals surface area contributed by atoms with Crippen LogP contribution in [0, 0.1) is 6.92 Å². The number of hydrogen-bond acceptors (Lipinski definition) is 3. The molecule has 0 aliphatic rings. The van der Waals surface area contributed by atoms with E-state index < -0.39 is 0 Å². The first-order chi connectivity index (χ1) is 16.7. The van der Waals surface area contributed by atoms with E-state index in [1.807, 2.05) is 115 Å². The third-order valence-electron chi connectivity index (χ3n) is 5.90. The Kier molecular flexibility index (Phi) is 6.04. The Labute approximate surface area is 199 Å². The summed E-state index contributed by atoms with van der Waals surface area (Å²) in [5.74, 6) is -0.159. The van der Waals surface area contributed by atoms with E-state index in [-0.39, 0.29) is 5.91 Å². The molecule has 5 rings (SSSR count). The fraction of sp³-hybridized carbons (Fsp3) is 0.0667. The summed E-state index contributed by atoms with van der Waals surface area (Å²) in [6.07, 6.45) is 0. The first kappa shape index (κ1) is 21.4. The number of aromatic nitrogens is 1. The lowest BCUT2D eigenvalue weighted by Gasteiger charge is -2.26. The van der Waals surface area contributed by atoms with Crippen LogP contribution in [0.25, 0.3) is 22.2 Å². The van der Waals surface area contributed by atoms with Crippen molar-refractivity contribution in [2.24, 2.45) is 0 Å². The summed E-state index contributed by atoms with van der Waals surface area (Å²) in [4.78, 5) is 18.8. The highest BCUT2D eigenvalue weighted by atomic mass is 16.2. The van der Waals surface area contributed by atoms with E-state index in [2.05, 4.69) is 17.6 Å². The van der Waals surface area contributed by atoms with Crippen LogP contribution in [0.15, 0.2) is 115 Å². The maximum Gasteiger partial charge on any atom is 0.270 e. The molecule has 0 unspecified atom stereocenters. The first-order valence-electron chi connectivity index (χ1n) is 11.3. The molecule has 0 atom stereocenters. The van der Waals surface area contributed by atoms with Crippen LogP contribution >= 0.6 is 0 Å². The Bertz CT molecular complexity index is 1420. The van der Waals surface area contributed by atoms with Gasteiger partial charge in [0.25, 0.3) is 5.91 Å². The van der Waals surface area contributed by atoms with Gasteiger partial charge in [0.2, 0.25) is 0 Å². The van der Waals surface area contributed by atoms with E-state index in [0.717, 1.165) is 39.0 Å². The second-order valence-electron chi connectivity index (χ2n) is 8.19. The Balaban J connectivity index is 1.58. The van der Waals surface area contributed by atoms with Crippen molar-refractivity contribution in [3.8, 4) is 11.3 Å². The average Bonchev–Trinajstić information content (AvgIpc) is 2.89. The molecule has 34 heavy (non-hydrogen) atoms. The Morgan fingerprint density at radius 1 is 0.765 bits per heavy atom. The van der Waals surface area contributed by atoms with Gasteiger partial charge in [0.15, 0.2) is 0 Å². The molecule has 0 aliphatic heterocycles. The van der Waals surface area contributed by atoms with Crippen molar-refractivity contribution in [2.75, 3.05) is 5.01 Å². The minimum atomic E-state index is -0.159. The number of para-hydroxylation sites is 2. The number of hydrogen-bond donors (Lipinski definition) is 1. The molecule has 0 fully saturated rings. The van der Waals surface area contributed by atoms with Crippen LogP contribution in [-0.4, -0.2) is 10.9 Å². The van der Waals surface area contributed by atoms with Crippen molar-refractivity contribution in [3.05, 3.63) is 132 Å². The lowest BCUT2D eigenvalue weighted by molar-refractivity contribution is 0.0949. The van der Waals surface area contributed by atoms with Crippen molar-refractivity contribution in [1.29, 1.82) is 0 Å². The summed E-state index contributed by atoms with van der Waals surface area (Å²) in [6, 6.07) is 37.9. The molecule has 0 bridgehead atoms. The normalized spacial score (nSPS) is 10.7. The minimum Gasteiger partial charge on any atom is -0.281 e. The highest BCUT2D eigenvalue weighted by molar-refractivity contribution is 6.09. The van der Waals surface area contributed by atoms with Gasteiger partial charge >= 0.3 is 0 Å². The molecule has 1 N–H and O–H groups in total. The quantitative estimate of drug-likeness (QED) is 0.302. The Morgan fingerprint density at radius 3 is 2.06 bits per heavy atom. The number of amides is 1. The number of hydrazine groups is 1. The molecule has 5 aromatic rings. The molecule has 4 heteroatoms. The summed E-state index contributed by atoms with van der Waals surface area (Å²) >= 11 is 0. The van der Waals surface area contributed by atoms with Crippen LogP contribution in [0.1, 0.15) is 21.5 Å². The molecule has 0 aliphatic carbocycles. The van der Waals surface area contributed by atoms with E-state index in [0.29, 0.717) is 12.1 Å². The zero-order valence-corrected chi connectivity index (χ0v) is 19.0. The van der Waals surface area contributed by atoms with Gasteiger partial charge < -0.3 is 0 Å². The van der Waals surface area contributed by atoms with Crippen LogP contribution in [0.4, 0.5) is 5.69 Å².